The maximum atomic E-state index is 11.3. The van der Waals surface area contributed by atoms with Crippen molar-refractivity contribution in [3.63, 3.8) is 0 Å². The first-order valence-electron chi connectivity index (χ1n) is 4.63. The van der Waals surface area contributed by atoms with Crippen LogP contribution < -0.4 is 5.32 Å². The molecule has 1 heterocycles. The van der Waals surface area contributed by atoms with E-state index in [1.165, 1.54) is 0 Å². The number of rotatable bonds is 5. The molecule has 1 rings (SSSR count). The van der Waals surface area contributed by atoms with E-state index in [1.54, 1.807) is 0 Å². The molecule has 0 unspecified atom stereocenters. The van der Waals surface area contributed by atoms with Crippen molar-refractivity contribution in [2.75, 3.05) is 6.54 Å². The molecule has 0 atom stereocenters. The molecule has 0 fully saturated rings. The van der Waals surface area contributed by atoms with Gasteiger partial charge in [0.1, 0.15) is 0 Å². The topological polar surface area (TPSA) is 92.4 Å². The van der Waals surface area contributed by atoms with Gasteiger partial charge in [-0.05, 0) is 6.42 Å². The third-order valence-corrected chi connectivity index (χ3v) is 1.77. The second kappa shape index (κ2) is 5.14. The molecule has 2 N–H and O–H groups in total. The summed E-state index contributed by atoms with van der Waals surface area (Å²) in [7, 11) is 0. The minimum Gasteiger partial charge on any atom is -0.475 e. The first-order valence-corrected chi connectivity index (χ1v) is 4.63. The molecule has 15 heavy (non-hydrogen) atoms. The van der Waals surface area contributed by atoms with Crippen LogP contribution in [0, 0.1) is 0 Å². The van der Waals surface area contributed by atoms with Crippen LogP contribution >= 0.6 is 0 Å². The van der Waals surface area contributed by atoms with Crippen LogP contribution in [0.2, 0.25) is 0 Å². The zero-order valence-corrected chi connectivity index (χ0v) is 8.32. The van der Waals surface area contributed by atoms with Crippen LogP contribution in [0.1, 0.15) is 40.8 Å². The van der Waals surface area contributed by atoms with Gasteiger partial charge in [0.2, 0.25) is 5.76 Å². The lowest BCUT2D eigenvalue weighted by atomic mass is 10.3. The van der Waals surface area contributed by atoms with Gasteiger partial charge in [0.05, 0.1) is 0 Å². The summed E-state index contributed by atoms with van der Waals surface area (Å²) < 4.78 is 4.44. The second-order valence-electron chi connectivity index (χ2n) is 2.99. The number of carboxylic acid groups (broad SMARTS) is 1. The average molecular weight is 212 g/mol. The van der Waals surface area contributed by atoms with Gasteiger partial charge < -0.3 is 14.9 Å². The Morgan fingerprint density at radius 3 is 2.87 bits per heavy atom. The van der Waals surface area contributed by atoms with Gasteiger partial charge in [-0.1, -0.05) is 18.5 Å². The molecule has 0 saturated heterocycles. The smallest absolute Gasteiger partial charge is 0.374 e. The van der Waals surface area contributed by atoms with Gasteiger partial charge in [0.25, 0.3) is 5.91 Å². The van der Waals surface area contributed by atoms with Gasteiger partial charge in [-0.15, -0.1) is 0 Å². The van der Waals surface area contributed by atoms with Crippen LogP contribution in [-0.4, -0.2) is 28.7 Å². The Bertz CT molecular complexity index is 359. The molecule has 0 bridgehead atoms. The Hall–Kier alpha value is -1.85. The van der Waals surface area contributed by atoms with Gasteiger partial charge >= 0.3 is 5.97 Å². The number of amides is 1. The van der Waals surface area contributed by atoms with Gasteiger partial charge in [-0.2, -0.15) is 0 Å². The first-order chi connectivity index (χ1) is 7.15. The van der Waals surface area contributed by atoms with Crippen molar-refractivity contribution in [1.82, 2.24) is 10.5 Å². The van der Waals surface area contributed by atoms with Crippen LogP contribution in [-0.2, 0) is 0 Å². The van der Waals surface area contributed by atoms with Crippen molar-refractivity contribution in [2.24, 2.45) is 0 Å². The number of aromatic carboxylic acids is 1. The van der Waals surface area contributed by atoms with E-state index in [9.17, 15) is 9.59 Å². The van der Waals surface area contributed by atoms with Crippen LogP contribution in [0.15, 0.2) is 10.6 Å². The molecule has 0 saturated carbocycles. The van der Waals surface area contributed by atoms with Crippen molar-refractivity contribution < 1.29 is 19.2 Å². The second-order valence-corrected chi connectivity index (χ2v) is 2.99. The molecular weight excluding hydrogens is 200 g/mol. The fourth-order valence-electron chi connectivity index (χ4n) is 0.952. The highest BCUT2D eigenvalue weighted by Crippen LogP contribution is 2.03. The lowest BCUT2D eigenvalue weighted by Gasteiger charge is -1.99. The fourth-order valence-corrected chi connectivity index (χ4v) is 0.952. The van der Waals surface area contributed by atoms with E-state index in [-0.39, 0.29) is 11.5 Å². The van der Waals surface area contributed by atoms with Crippen LogP contribution in [0.5, 0.6) is 0 Å². The molecule has 1 aromatic rings. The molecule has 1 aromatic heterocycles. The normalized spacial score (nSPS) is 9.93. The largest absolute Gasteiger partial charge is 0.475 e. The molecule has 1 amide bonds. The third-order valence-electron chi connectivity index (χ3n) is 1.77. The molecule has 0 spiro atoms. The van der Waals surface area contributed by atoms with Crippen molar-refractivity contribution >= 4 is 11.9 Å². The van der Waals surface area contributed by atoms with Crippen molar-refractivity contribution in [2.45, 2.75) is 19.8 Å². The Morgan fingerprint density at radius 2 is 2.33 bits per heavy atom. The number of carbonyl (C=O) groups is 2. The van der Waals surface area contributed by atoms with E-state index in [1.807, 2.05) is 6.92 Å². The predicted octanol–water partition coefficient (Wildman–Crippen LogP) is 0.903. The van der Waals surface area contributed by atoms with E-state index >= 15 is 0 Å². The molecule has 0 aliphatic rings. The highest BCUT2D eigenvalue weighted by Gasteiger charge is 2.15. The number of hydrogen-bond acceptors (Lipinski definition) is 4. The van der Waals surface area contributed by atoms with E-state index in [4.69, 9.17) is 5.11 Å². The lowest BCUT2D eigenvalue weighted by Crippen LogP contribution is -2.24. The van der Waals surface area contributed by atoms with Gasteiger partial charge in [0, 0.05) is 12.6 Å². The molecule has 6 nitrogen and oxygen atoms in total. The number of carbonyl (C=O) groups excluding carboxylic acids is 1. The highest BCUT2D eigenvalue weighted by molar-refractivity contribution is 5.94. The van der Waals surface area contributed by atoms with Gasteiger partial charge in [-0.25, -0.2) is 4.79 Å². The average Bonchev–Trinajstić information content (AvgIpc) is 2.66. The van der Waals surface area contributed by atoms with E-state index in [2.05, 4.69) is 15.0 Å². The van der Waals surface area contributed by atoms with Gasteiger partial charge in [0.15, 0.2) is 5.69 Å². The van der Waals surface area contributed by atoms with Crippen molar-refractivity contribution in [1.29, 1.82) is 0 Å². The highest BCUT2D eigenvalue weighted by atomic mass is 16.5. The van der Waals surface area contributed by atoms with Crippen LogP contribution in [0.25, 0.3) is 0 Å². The molecular formula is C9H12N2O4. The summed E-state index contributed by atoms with van der Waals surface area (Å²) in [5.41, 5.74) is -0.0106. The van der Waals surface area contributed by atoms with Crippen molar-refractivity contribution in [3.05, 3.63) is 17.5 Å². The zero-order valence-electron chi connectivity index (χ0n) is 8.32. The molecule has 0 aliphatic heterocycles. The summed E-state index contributed by atoms with van der Waals surface area (Å²) in [5, 5.41) is 14.5. The van der Waals surface area contributed by atoms with E-state index in [0.717, 1.165) is 18.9 Å². The van der Waals surface area contributed by atoms with Crippen molar-refractivity contribution in [3.8, 4) is 0 Å². The summed E-state index contributed by atoms with van der Waals surface area (Å²) in [6.45, 7) is 2.55. The van der Waals surface area contributed by atoms with Crippen LogP contribution in [0.3, 0.4) is 0 Å². The Balaban J connectivity index is 2.54. The molecule has 0 aliphatic carbocycles. The predicted molar refractivity (Wildman–Crippen MR) is 50.7 cm³/mol. The third kappa shape index (κ3) is 3.08. The molecule has 6 heteroatoms. The monoisotopic (exact) mass is 212 g/mol. The minimum atomic E-state index is -1.24. The molecule has 82 valence electrons. The van der Waals surface area contributed by atoms with Gasteiger partial charge in [-0.3, -0.25) is 4.79 Å². The SMILES string of the molecule is CCCCNC(=O)c1cc(C(=O)O)on1. The molecule has 0 radical (unpaired) electrons. The Labute approximate surface area is 86.3 Å². The summed E-state index contributed by atoms with van der Waals surface area (Å²) >= 11 is 0. The maximum absolute atomic E-state index is 11.3. The fraction of sp³-hybridized carbons (Fsp3) is 0.444. The summed E-state index contributed by atoms with van der Waals surface area (Å²) in [6.07, 6.45) is 1.84. The maximum Gasteiger partial charge on any atom is 0.374 e. The number of carboxylic acids is 1. The quantitative estimate of drug-likeness (QED) is 0.707. The number of hydrogen-bond donors (Lipinski definition) is 2. The molecule has 0 aromatic carbocycles. The van der Waals surface area contributed by atoms with Crippen LogP contribution in [0.4, 0.5) is 0 Å². The minimum absolute atomic E-state index is 0.0106. The number of aromatic nitrogens is 1. The standard InChI is InChI=1S/C9H12N2O4/c1-2-3-4-10-8(12)6-5-7(9(13)14)15-11-6/h5H,2-4H2,1H3,(H,10,12)(H,13,14). The first kappa shape index (κ1) is 11.2. The van der Waals surface area contributed by atoms with E-state index < -0.39 is 11.9 Å². The summed E-state index contributed by atoms with van der Waals surface area (Å²) in [4.78, 5) is 21.8. The number of unbranched alkanes of at least 4 members (excludes halogenated alkanes) is 1. The number of nitrogens with one attached hydrogen (secondary N) is 1. The lowest BCUT2D eigenvalue weighted by molar-refractivity contribution is 0.0651. The van der Waals surface area contributed by atoms with E-state index in [0.29, 0.717) is 6.54 Å². The Kier molecular flexibility index (Phi) is 3.84. The number of nitrogens with zero attached hydrogens (tertiary/aromatic N) is 1. The summed E-state index contributed by atoms with van der Waals surface area (Å²) in [5.74, 6) is -1.99. The Morgan fingerprint density at radius 1 is 1.60 bits per heavy atom. The summed E-state index contributed by atoms with van der Waals surface area (Å²) in [6, 6.07) is 1.10. The zero-order chi connectivity index (χ0) is 11.3.